The maximum atomic E-state index is 12.8. The van der Waals surface area contributed by atoms with Crippen LogP contribution >= 0.6 is 0 Å². The summed E-state index contributed by atoms with van der Waals surface area (Å²) in [5.41, 5.74) is 0.404. The lowest BCUT2D eigenvalue weighted by Gasteiger charge is -2.47. The lowest BCUT2D eigenvalue weighted by Crippen LogP contribution is -2.66. The second kappa shape index (κ2) is 15.8. The fourth-order valence-electron chi connectivity index (χ4n) is 5.39. The molecule has 3 fully saturated rings. The lowest BCUT2D eigenvalue weighted by molar-refractivity contribution is -0.398. The molecular weight excluding hydrogens is 640 g/mol. The Labute approximate surface area is 266 Å². The van der Waals surface area contributed by atoms with Gasteiger partial charge in [0.2, 0.25) is 5.79 Å². The first-order valence-corrected chi connectivity index (χ1v) is 14.4. The Morgan fingerprint density at radius 2 is 1.47 bits per heavy atom. The van der Waals surface area contributed by atoms with E-state index in [9.17, 15) is 61.0 Å². The van der Waals surface area contributed by atoms with Crippen LogP contribution < -0.4 is 4.74 Å². The van der Waals surface area contributed by atoms with Gasteiger partial charge in [0.25, 0.3) is 0 Å². The van der Waals surface area contributed by atoms with E-state index in [1.54, 1.807) is 0 Å². The van der Waals surface area contributed by atoms with Crippen molar-refractivity contribution in [2.45, 2.75) is 85.5 Å². The molecule has 3 heterocycles. The summed E-state index contributed by atoms with van der Waals surface area (Å²) in [6.07, 6.45) is -20.8. The van der Waals surface area contributed by atoms with Gasteiger partial charge in [0.05, 0.1) is 26.9 Å². The number of phenolic OH excluding ortho intramolecular Hbond substituents is 1. The monoisotopic (exact) mass is 680 g/mol. The number of carbonyl (C=O) groups is 1. The van der Waals surface area contributed by atoms with Crippen molar-refractivity contribution in [3.8, 4) is 11.5 Å². The van der Waals surface area contributed by atoms with Crippen molar-refractivity contribution in [3.05, 3.63) is 29.8 Å². The number of hydrogen-bond donors (Lipinski definition) is 11. The van der Waals surface area contributed by atoms with E-state index in [2.05, 4.69) is 0 Å². The zero-order valence-electron chi connectivity index (χ0n) is 24.9. The van der Waals surface area contributed by atoms with Gasteiger partial charge >= 0.3 is 5.97 Å². The average molecular weight is 681 g/mol. The van der Waals surface area contributed by atoms with Crippen LogP contribution in [0.1, 0.15) is 5.56 Å². The van der Waals surface area contributed by atoms with Crippen molar-refractivity contribution in [2.75, 3.05) is 33.5 Å². The van der Waals surface area contributed by atoms with Gasteiger partial charge < -0.3 is 89.3 Å². The average Bonchev–Trinajstić information content (AvgIpc) is 3.33. The van der Waals surface area contributed by atoms with Crippen molar-refractivity contribution >= 4 is 12.0 Å². The number of aliphatic hydroxyl groups is 10. The maximum Gasteiger partial charge on any atom is 0.331 e. The highest BCUT2D eigenvalue weighted by molar-refractivity contribution is 5.87. The Balaban J connectivity index is 1.51. The number of benzene rings is 1. The predicted molar refractivity (Wildman–Crippen MR) is 149 cm³/mol. The third-order valence-corrected chi connectivity index (χ3v) is 8.01. The number of esters is 1. The molecule has 1 aromatic rings. The van der Waals surface area contributed by atoms with E-state index in [1.807, 2.05) is 0 Å². The van der Waals surface area contributed by atoms with E-state index in [1.165, 1.54) is 31.4 Å². The Hall–Kier alpha value is -2.57. The van der Waals surface area contributed by atoms with Crippen LogP contribution in [0.2, 0.25) is 0 Å². The van der Waals surface area contributed by atoms with Crippen molar-refractivity contribution in [1.29, 1.82) is 0 Å². The SMILES string of the molecule is COc1cc(C=CC(=O)OC2C(O)C(CO)OC2(CO)OC2OC(CO)C(OC3OC(CO)C(O)C(O)C3O)C(O)C2O)ccc1O. The number of rotatable bonds is 12. The fourth-order valence-corrected chi connectivity index (χ4v) is 5.39. The third kappa shape index (κ3) is 7.69. The van der Waals surface area contributed by atoms with Crippen LogP contribution in [0.5, 0.6) is 11.5 Å². The van der Waals surface area contributed by atoms with Crippen LogP contribution in [-0.4, -0.2) is 181 Å². The summed E-state index contributed by atoms with van der Waals surface area (Å²) in [6, 6.07) is 4.18. The molecule has 0 spiro atoms. The highest BCUT2D eigenvalue weighted by Crippen LogP contribution is 2.39. The maximum absolute atomic E-state index is 12.8. The molecule has 19 heteroatoms. The van der Waals surface area contributed by atoms with Crippen LogP contribution in [0.4, 0.5) is 0 Å². The molecular formula is C28H40O19. The standard InChI is InChI=1S/C28H40O19/c1-41-13-6-11(2-4-12(13)33)3-5-17(34)44-25-19(36)15(8-30)46-28(25,10-32)47-27-23(40)21(38)24(16(9-31)43-27)45-26-22(39)20(37)18(35)14(7-29)42-26/h2-6,14-16,18-27,29-33,35-40H,7-10H2,1H3. The number of carbonyl (C=O) groups excluding carboxylic acids is 1. The van der Waals surface area contributed by atoms with E-state index in [0.717, 1.165) is 6.08 Å². The molecule has 0 radical (unpaired) electrons. The third-order valence-electron chi connectivity index (χ3n) is 8.01. The zero-order chi connectivity index (χ0) is 34.6. The summed E-state index contributed by atoms with van der Waals surface area (Å²) in [7, 11) is 1.33. The van der Waals surface area contributed by atoms with Crippen LogP contribution in [0, 0.1) is 0 Å². The van der Waals surface area contributed by atoms with Gasteiger partial charge in [-0.15, -0.1) is 0 Å². The van der Waals surface area contributed by atoms with Gasteiger partial charge in [0.1, 0.15) is 67.6 Å². The van der Waals surface area contributed by atoms with E-state index in [4.69, 9.17) is 33.2 Å². The number of hydrogen-bond acceptors (Lipinski definition) is 19. The van der Waals surface area contributed by atoms with Gasteiger partial charge in [-0.3, -0.25) is 0 Å². The molecule has 11 N–H and O–H groups in total. The quantitative estimate of drug-likeness (QED) is 0.0724. The molecule has 266 valence electrons. The molecule has 3 aliphatic rings. The van der Waals surface area contributed by atoms with Crippen molar-refractivity contribution in [2.24, 2.45) is 0 Å². The Morgan fingerprint density at radius 3 is 2.09 bits per heavy atom. The number of methoxy groups -OCH3 is 1. The highest BCUT2D eigenvalue weighted by atomic mass is 16.8. The number of ether oxygens (including phenoxy) is 7. The minimum atomic E-state index is -2.51. The molecule has 0 saturated carbocycles. The molecule has 0 amide bonds. The normalized spacial score (nSPS) is 40.9. The summed E-state index contributed by atoms with van der Waals surface area (Å²) < 4.78 is 37.9. The first-order chi connectivity index (χ1) is 22.3. The molecule has 0 aliphatic carbocycles. The molecule has 14 atom stereocenters. The number of aromatic hydroxyl groups is 1. The first-order valence-electron chi connectivity index (χ1n) is 14.4. The molecule has 19 nitrogen and oxygen atoms in total. The second-order valence-electron chi connectivity index (χ2n) is 11.0. The predicted octanol–water partition coefficient (Wildman–Crippen LogP) is -5.59. The van der Waals surface area contributed by atoms with E-state index >= 15 is 0 Å². The van der Waals surface area contributed by atoms with Gasteiger partial charge in [0.15, 0.2) is 30.2 Å². The molecule has 0 bridgehead atoms. The smallest absolute Gasteiger partial charge is 0.331 e. The van der Waals surface area contributed by atoms with Gasteiger partial charge in [-0.25, -0.2) is 4.79 Å². The Kier molecular flexibility index (Phi) is 12.5. The van der Waals surface area contributed by atoms with Gasteiger partial charge in [-0.05, 0) is 23.8 Å². The molecule has 3 saturated heterocycles. The molecule has 4 rings (SSSR count). The molecule has 1 aromatic carbocycles. The topological polar surface area (TPSA) is 304 Å². The van der Waals surface area contributed by atoms with Crippen LogP contribution in [0.3, 0.4) is 0 Å². The summed E-state index contributed by atoms with van der Waals surface area (Å²) >= 11 is 0. The van der Waals surface area contributed by atoms with E-state index in [-0.39, 0.29) is 11.5 Å². The number of phenols is 1. The highest BCUT2D eigenvalue weighted by Gasteiger charge is 2.61. The second-order valence-corrected chi connectivity index (χ2v) is 11.0. The van der Waals surface area contributed by atoms with Gasteiger partial charge in [-0.2, -0.15) is 0 Å². The van der Waals surface area contributed by atoms with Crippen molar-refractivity contribution in [1.82, 2.24) is 0 Å². The zero-order valence-corrected chi connectivity index (χ0v) is 24.9. The largest absolute Gasteiger partial charge is 0.504 e. The van der Waals surface area contributed by atoms with Crippen molar-refractivity contribution < 1.29 is 94.1 Å². The summed E-state index contributed by atoms with van der Waals surface area (Å²) in [5, 5.41) is 112. The Morgan fingerprint density at radius 1 is 0.830 bits per heavy atom. The van der Waals surface area contributed by atoms with E-state index in [0.29, 0.717) is 5.56 Å². The summed E-state index contributed by atoms with van der Waals surface area (Å²) in [6.45, 7) is -3.69. The van der Waals surface area contributed by atoms with Crippen LogP contribution in [0.15, 0.2) is 24.3 Å². The van der Waals surface area contributed by atoms with Gasteiger partial charge in [-0.1, -0.05) is 6.07 Å². The number of aliphatic hydroxyl groups excluding tert-OH is 10. The molecule has 14 unspecified atom stereocenters. The fraction of sp³-hybridized carbons (Fsp3) is 0.679. The first kappa shape index (κ1) is 37.3. The molecule has 47 heavy (non-hydrogen) atoms. The molecule has 0 aromatic heterocycles. The lowest BCUT2D eigenvalue weighted by atomic mass is 9.96. The van der Waals surface area contributed by atoms with Crippen molar-refractivity contribution in [3.63, 3.8) is 0 Å². The van der Waals surface area contributed by atoms with Crippen LogP contribution in [-0.2, 0) is 33.2 Å². The molecule has 3 aliphatic heterocycles. The minimum absolute atomic E-state index is 0.119. The summed E-state index contributed by atoms with van der Waals surface area (Å²) in [5.74, 6) is -3.62. The Bertz CT molecular complexity index is 1210. The van der Waals surface area contributed by atoms with Gasteiger partial charge in [0, 0.05) is 6.08 Å². The van der Waals surface area contributed by atoms with E-state index < -0.39 is 118 Å². The minimum Gasteiger partial charge on any atom is -0.504 e. The van der Waals surface area contributed by atoms with Crippen LogP contribution in [0.25, 0.3) is 6.08 Å². The summed E-state index contributed by atoms with van der Waals surface area (Å²) in [4.78, 5) is 12.8.